The molecule has 2 fully saturated rings. The fraction of sp³-hybridized carbons (Fsp3) is 0.409. The summed E-state index contributed by atoms with van der Waals surface area (Å²) in [5.41, 5.74) is 3.40. The van der Waals surface area contributed by atoms with Gasteiger partial charge in [0.05, 0.1) is 19.1 Å². The van der Waals surface area contributed by atoms with Crippen molar-refractivity contribution in [2.24, 2.45) is 0 Å². The summed E-state index contributed by atoms with van der Waals surface area (Å²) in [5.74, 6) is 0.0598. The molecule has 0 spiro atoms. The molecule has 2 heterocycles. The number of carbonyl (C=O) groups excluding carboxylic acids is 1. The van der Waals surface area contributed by atoms with Crippen molar-refractivity contribution in [3.05, 3.63) is 60.2 Å². The first-order valence-corrected chi connectivity index (χ1v) is 9.54. The second-order valence-electron chi connectivity index (χ2n) is 7.29. The molecule has 0 radical (unpaired) electrons. The number of nitrogens with one attached hydrogen (secondary N) is 1. The second kappa shape index (κ2) is 8.02. The topological polar surface area (TPSA) is 41.6 Å². The number of hydrogen-bond donors (Lipinski definition) is 1. The lowest BCUT2D eigenvalue weighted by atomic mass is 10.0. The third kappa shape index (κ3) is 4.14. The number of morpholine rings is 1. The van der Waals surface area contributed by atoms with E-state index in [-0.39, 0.29) is 12.0 Å². The van der Waals surface area contributed by atoms with Crippen molar-refractivity contribution in [2.45, 2.75) is 31.4 Å². The highest BCUT2D eigenvalue weighted by Crippen LogP contribution is 2.22. The van der Waals surface area contributed by atoms with Crippen molar-refractivity contribution in [1.82, 2.24) is 10.2 Å². The minimum absolute atomic E-state index is 0.0598. The first-order valence-electron chi connectivity index (χ1n) is 9.54. The van der Waals surface area contributed by atoms with E-state index in [1.807, 2.05) is 30.3 Å². The maximum atomic E-state index is 12.3. The summed E-state index contributed by atoms with van der Waals surface area (Å²) in [7, 11) is 0. The molecule has 1 amide bonds. The third-order valence-corrected chi connectivity index (χ3v) is 5.41. The minimum Gasteiger partial charge on any atom is -0.373 e. The van der Waals surface area contributed by atoms with Gasteiger partial charge in [0, 0.05) is 19.1 Å². The van der Waals surface area contributed by atoms with E-state index < -0.39 is 0 Å². The van der Waals surface area contributed by atoms with E-state index in [1.165, 1.54) is 30.5 Å². The Hall–Kier alpha value is -2.17. The predicted octanol–water partition coefficient (Wildman–Crippen LogP) is 2.88. The van der Waals surface area contributed by atoms with Gasteiger partial charge in [0.2, 0.25) is 5.91 Å². The fourth-order valence-corrected chi connectivity index (χ4v) is 3.93. The number of hydrogen-bond acceptors (Lipinski definition) is 3. The van der Waals surface area contributed by atoms with Crippen LogP contribution in [0.1, 0.15) is 18.4 Å². The molecule has 0 aromatic heterocycles. The molecule has 2 aromatic carbocycles. The van der Waals surface area contributed by atoms with Gasteiger partial charge in [-0.25, -0.2) is 0 Å². The van der Waals surface area contributed by atoms with Crippen LogP contribution in [0.5, 0.6) is 0 Å². The Morgan fingerprint density at radius 1 is 1.08 bits per heavy atom. The number of rotatable bonds is 5. The molecule has 2 atom stereocenters. The lowest BCUT2D eigenvalue weighted by molar-refractivity contribution is -0.121. The highest BCUT2D eigenvalue weighted by Gasteiger charge is 2.32. The molecule has 0 saturated carbocycles. The molecule has 2 aliphatic rings. The molecule has 2 aromatic rings. The zero-order chi connectivity index (χ0) is 17.8. The zero-order valence-electron chi connectivity index (χ0n) is 15.1. The van der Waals surface area contributed by atoms with Crippen molar-refractivity contribution in [2.75, 3.05) is 26.2 Å². The van der Waals surface area contributed by atoms with Crippen LogP contribution in [-0.2, 0) is 16.0 Å². The standard InChI is InChI=1S/C22H26N2O2/c25-22(23-14-21-15-24-12-4-7-20(24)16-26-21)13-17-8-10-19(11-9-17)18-5-2-1-3-6-18/h1-3,5-6,8-11,20-21H,4,7,12-16H2,(H,23,25)/t20-,21+/m0/s1. The van der Waals surface area contributed by atoms with Crippen LogP contribution in [0.3, 0.4) is 0 Å². The molecule has 0 bridgehead atoms. The maximum Gasteiger partial charge on any atom is 0.224 e. The van der Waals surface area contributed by atoms with Crippen LogP contribution in [0.15, 0.2) is 54.6 Å². The van der Waals surface area contributed by atoms with Crippen molar-refractivity contribution in [1.29, 1.82) is 0 Å². The molecule has 26 heavy (non-hydrogen) atoms. The molecule has 1 N–H and O–H groups in total. The van der Waals surface area contributed by atoms with E-state index in [0.29, 0.717) is 19.0 Å². The van der Waals surface area contributed by atoms with Crippen LogP contribution in [0, 0.1) is 0 Å². The van der Waals surface area contributed by atoms with Crippen molar-refractivity contribution in [3.63, 3.8) is 0 Å². The fourth-order valence-electron chi connectivity index (χ4n) is 3.93. The molecule has 2 saturated heterocycles. The van der Waals surface area contributed by atoms with E-state index in [1.54, 1.807) is 0 Å². The zero-order valence-corrected chi connectivity index (χ0v) is 15.1. The molecule has 4 rings (SSSR count). The quantitative estimate of drug-likeness (QED) is 0.902. The average Bonchev–Trinajstić information content (AvgIpc) is 3.15. The Balaban J connectivity index is 1.26. The van der Waals surface area contributed by atoms with Crippen LogP contribution in [0.4, 0.5) is 0 Å². The van der Waals surface area contributed by atoms with Gasteiger partial charge in [0.1, 0.15) is 0 Å². The molecule has 136 valence electrons. The predicted molar refractivity (Wildman–Crippen MR) is 103 cm³/mol. The van der Waals surface area contributed by atoms with Gasteiger partial charge in [0.25, 0.3) is 0 Å². The lowest BCUT2D eigenvalue weighted by Gasteiger charge is -2.35. The Bertz CT molecular complexity index is 730. The number of fused-ring (bicyclic) bond motifs is 1. The molecule has 4 nitrogen and oxygen atoms in total. The molecule has 4 heteroatoms. The molecule has 0 aliphatic carbocycles. The Morgan fingerprint density at radius 2 is 1.85 bits per heavy atom. The maximum absolute atomic E-state index is 12.3. The molecular weight excluding hydrogens is 324 g/mol. The minimum atomic E-state index is 0.0598. The van der Waals surface area contributed by atoms with Gasteiger partial charge in [-0.05, 0) is 36.1 Å². The van der Waals surface area contributed by atoms with Gasteiger partial charge in [-0.15, -0.1) is 0 Å². The Kier molecular flexibility index (Phi) is 5.32. The number of ether oxygens (including phenoxy) is 1. The van der Waals surface area contributed by atoms with Gasteiger partial charge in [0.15, 0.2) is 0 Å². The summed E-state index contributed by atoms with van der Waals surface area (Å²) in [5, 5.41) is 3.04. The monoisotopic (exact) mass is 350 g/mol. The average molecular weight is 350 g/mol. The van der Waals surface area contributed by atoms with Crippen molar-refractivity contribution < 1.29 is 9.53 Å². The van der Waals surface area contributed by atoms with Gasteiger partial charge in [-0.3, -0.25) is 9.69 Å². The highest BCUT2D eigenvalue weighted by atomic mass is 16.5. The van der Waals surface area contributed by atoms with Gasteiger partial charge in [-0.2, -0.15) is 0 Å². The van der Waals surface area contributed by atoms with Crippen LogP contribution in [0.2, 0.25) is 0 Å². The molecular formula is C22H26N2O2. The summed E-state index contributed by atoms with van der Waals surface area (Å²) in [6, 6.07) is 19.1. The van der Waals surface area contributed by atoms with Gasteiger partial charge in [-0.1, -0.05) is 54.6 Å². The smallest absolute Gasteiger partial charge is 0.224 e. The van der Waals surface area contributed by atoms with Gasteiger partial charge >= 0.3 is 0 Å². The van der Waals surface area contributed by atoms with E-state index in [4.69, 9.17) is 4.74 Å². The number of benzene rings is 2. The largest absolute Gasteiger partial charge is 0.373 e. The first kappa shape index (κ1) is 17.3. The normalized spacial score (nSPS) is 22.8. The van der Waals surface area contributed by atoms with E-state index in [9.17, 15) is 4.79 Å². The lowest BCUT2D eigenvalue weighted by Crippen LogP contribution is -2.50. The summed E-state index contributed by atoms with van der Waals surface area (Å²) < 4.78 is 5.90. The second-order valence-corrected chi connectivity index (χ2v) is 7.29. The highest BCUT2D eigenvalue weighted by molar-refractivity contribution is 5.78. The Labute approximate surface area is 155 Å². The van der Waals surface area contributed by atoms with Crippen LogP contribution < -0.4 is 5.32 Å². The summed E-state index contributed by atoms with van der Waals surface area (Å²) in [4.78, 5) is 14.8. The SMILES string of the molecule is O=C(Cc1ccc(-c2ccccc2)cc1)NC[C@@H]1CN2CCC[C@H]2CO1. The molecule has 2 aliphatic heterocycles. The van der Waals surface area contributed by atoms with Crippen molar-refractivity contribution >= 4 is 5.91 Å². The van der Waals surface area contributed by atoms with Crippen LogP contribution in [-0.4, -0.2) is 49.2 Å². The molecule has 0 unspecified atom stereocenters. The van der Waals surface area contributed by atoms with Crippen molar-refractivity contribution in [3.8, 4) is 11.1 Å². The van der Waals surface area contributed by atoms with Crippen LogP contribution >= 0.6 is 0 Å². The third-order valence-electron chi connectivity index (χ3n) is 5.41. The first-order chi connectivity index (χ1) is 12.8. The summed E-state index contributed by atoms with van der Waals surface area (Å²) in [6.07, 6.45) is 3.05. The Morgan fingerprint density at radius 3 is 2.65 bits per heavy atom. The van der Waals surface area contributed by atoms with Gasteiger partial charge < -0.3 is 10.1 Å². The number of carbonyl (C=O) groups is 1. The number of amides is 1. The van der Waals surface area contributed by atoms with E-state index in [0.717, 1.165) is 18.7 Å². The summed E-state index contributed by atoms with van der Waals surface area (Å²) in [6.45, 7) is 3.52. The summed E-state index contributed by atoms with van der Waals surface area (Å²) >= 11 is 0. The van der Waals surface area contributed by atoms with Crippen LogP contribution in [0.25, 0.3) is 11.1 Å². The number of nitrogens with zero attached hydrogens (tertiary/aromatic N) is 1. The van der Waals surface area contributed by atoms with E-state index >= 15 is 0 Å². The van der Waals surface area contributed by atoms with E-state index in [2.05, 4.69) is 34.5 Å².